The van der Waals surface area contributed by atoms with Crippen molar-refractivity contribution < 1.29 is 14.0 Å². The fourth-order valence-corrected chi connectivity index (χ4v) is 4.66. The molecule has 2 heterocycles. The molecule has 1 saturated heterocycles. The second-order valence-corrected chi connectivity index (χ2v) is 7.09. The molecular formula is C17H13FN2O2S. The lowest BCUT2D eigenvalue weighted by atomic mass is 10.0. The molecule has 1 spiro atoms. The fourth-order valence-electron chi connectivity index (χ4n) is 3.18. The molecule has 0 radical (unpaired) electrons. The average Bonchev–Trinajstić information content (AvgIpc) is 2.95. The third-order valence-electron chi connectivity index (χ3n) is 4.14. The molecule has 2 aromatic carbocycles. The normalized spacial score (nSPS) is 25.8. The molecule has 1 N–H and O–H groups in total. The summed E-state index contributed by atoms with van der Waals surface area (Å²) >= 11 is 1.29. The molecule has 116 valence electrons. The predicted octanol–water partition coefficient (Wildman–Crippen LogP) is 3.10. The molecule has 0 bridgehead atoms. The Kier molecular flexibility index (Phi) is 2.99. The lowest BCUT2D eigenvalue weighted by Gasteiger charge is -2.32. The van der Waals surface area contributed by atoms with Crippen LogP contribution in [-0.2, 0) is 14.5 Å². The third-order valence-corrected chi connectivity index (χ3v) is 5.63. The Morgan fingerprint density at radius 1 is 1.17 bits per heavy atom. The molecule has 2 aliphatic heterocycles. The molecule has 1 fully saturated rings. The van der Waals surface area contributed by atoms with Crippen molar-refractivity contribution in [3.05, 3.63) is 59.9 Å². The molecular weight excluding hydrogens is 315 g/mol. The number of halogens is 1. The van der Waals surface area contributed by atoms with Crippen molar-refractivity contribution in [1.82, 2.24) is 0 Å². The summed E-state index contributed by atoms with van der Waals surface area (Å²) in [7, 11) is 0. The molecule has 2 aliphatic rings. The molecule has 2 atom stereocenters. The minimum Gasteiger partial charge on any atom is -0.323 e. The first-order valence-corrected chi connectivity index (χ1v) is 8.10. The number of anilines is 2. The van der Waals surface area contributed by atoms with Gasteiger partial charge in [-0.05, 0) is 31.2 Å². The van der Waals surface area contributed by atoms with Gasteiger partial charge in [-0.15, -0.1) is 11.8 Å². The van der Waals surface area contributed by atoms with Crippen LogP contribution in [0.5, 0.6) is 0 Å². The lowest BCUT2D eigenvalue weighted by Crippen LogP contribution is -2.47. The summed E-state index contributed by atoms with van der Waals surface area (Å²) < 4.78 is 13.7. The second kappa shape index (κ2) is 4.83. The molecule has 0 aromatic heterocycles. The van der Waals surface area contributed by atoms with Gasteiger partial charge in [-0.1, -0.05) is 24.3 Å². The van der Waals surface area contributed by atoms with Gasteiger partial charge in [0.25, 0.3) is 5.91 Å². The van der Waals surface area contributed by atoms with Crippen LogP contribution in [0.25, 0.3) is 0 Å². The SMILES string of the molecule is C[C@H]1S[C@@]2(C(=O)Nc3ccccc32)N(c2cccc(F)c2)C1=O. The fraction of sp³-hybridized carbons (Fsp3) is 0.176. The van der Waals surface area contributed by atoms with Crippen molar-refractivity contribution in [2.45, 2.75) is 17.0 Å². The van der Waals surface area contributed by atoms with Gasteiger partial charge in [0.2, 0.25) is 10.8 Å². The average molecular weight is 328 g/mol. The summed E-state index contributed by atoms with van der Waals surface area (Å²) in [5.74, 6) is -0.917. The number of carbonyl (C=O) groups is 2. The van der Waals surface area contributed by atoms with E-state index in [0.717, 1.165) is 5.56 Å². The minimum atomic E-state index is -1.18. The Morgan fingerprint density at radius 2 is 1.96 bits per heavy atom. The second-order valence-electron chi connectivity index (χ2n) is 5.56. The largest absolute Gasteiger partial charge is 0.323 e. The number of para-hydroxylation sites is 1. The molecule has 4 rings (SSSR count). The van der Waals surface area contributed by atoms with Crippen molar-refractivity contribution >= 4 is 35.0 Å². The highest BCUT2D eigenvalue weighted by molar-refractivity contribution is 8.03. The molecule has 6 heteroatoms. The maximum atomic E-state index is 13.7. The zero-order valence-electron chi connectivity index (χ0n) is 12.2. The molecule has 0 unspecified atom stereocenters. The van der Waals surface area contributed by atoms with E-state index in [4.69, 9.17) is 0 Å². The molecule has 4 nitrogen and oxygen atoms in total. The molecule has 0 saturated carbocycles. The monoisotopic (exact) mass is 328 g/mol. The maximum absolute atomic E-state index is 13.7. The van der Waals surface area contributed by atoms with E-state index in [2.05, 4.69) is 5.32 Å². The highest BCUT2D eigenvalue weighted by Crippen LogP contribution is 2.55. The van der Waals surface area contributed by atoms with Crippen molar-refractivity contribution in [1.29, 1.82) is 0 Å². The summed E-state index contributed by atoms with van der Waals surface area (Å²) in [6.45, 7) is 1.77. The maximum Gasteiger partial charge on any atom is 0.266 e. The number of amides is 2. The van der Waals surface area contributed by atoms with Crippen LogP contribution >= 0.6 is 11.8 Å². The Morgan fingerprint density at radius 3 is 2.74 bits per heavy atom. The number of hydrogen-bond donors (Lipinski definition) is 1. The first-order chi connectivity index (χ1) is 11.0. The van der Waals surface area contributed by atoms with Gasteiger partial charge in [0, 0.05) is 16.9 Å². The summed E-state index contributed by atoms with van der Waals surface area (Å²) in [5.41, 5.74) is 1.81. The van der Waals surface area contributed by atoms with Gasteiger partial charge < -0.3 is 5.32 Å². The first kappa shape index (κ1) is 14.3. The number of benzene rings is 2. The molecule has 0 aliphatic carbocycles. The van der Waals surface area contributed by atoms with E-state index in [-0.39, 0.29) is 11.8 Å². The van der Waals surface area contributed by atoms with E-state index in [1.165, 1.54) is 34.9 Å². The van der Waals surface area contributed by atoms with Crippen LogP contribution in [-0.4, -0.2) is 17.1 Å². The number of rotatable bonds is 1. The lowest BCUT2D eigenvalue weighted by molar-refractivity contribution is -0.122. The molecule has 2 amide bonds. The smallest absolute Gasteiger partial charge is 0.266 e. The van der Waals surface area contributed by atoms with E-state index >= 15 is 0 Å². The molecule has 23 heavy (non-hydrogen) atoms. The van der Waals surface area contributed by atoms with Gasteiger partial charge in [0.05, 0.1) is 5.25 Å². The van der Waals surface area contributed by atoms with Crippen molar-refractivity contribution in [3.63, 3.8) is 0 Å². The van der Waals surface area contributed by atoms with Crippen LogP contribution in [0.3, 0.4) is 0 Å². The van der Waals surface area contributed by atoms with Crippen LogP contribution in [0.1, 0.15) is 12.5 Å². The Bertz CT molecular complexity index is 841. The van der Waals surface area contributed by atoms with E-state index in [1.54, 1.807) is 19.1 Å². The van der Waals surface area contributed by atoms with Gasteiger partial charge in [0.1, 0.15) is 5.82 Å². The summed E-state index contributed by atoms with van der Waals surface area (Å²) in [5, 5.41) is 2.44. The van der Waals surface area contributed by atoms with Crippen molar-refractivity contribution in [2.24, 2.45) is 0 Å². The molecule has 2 aromatic rings. The zero-order valence-corrected chi connectivity index (χ0v) is 13.1. The van der Waals surface area contributed by atoms with Gasteiger partial charge in [-0.2, -0.15) is 0 Å². The number of hydrogen-bond acceptors (Lipinski definition) is 3. The van der Waals surface area contributed by atoms with E-state index in [9.17, 15) is 14.0 Å². The Labute approximate surface area is 136 Å². The zero-order chi connectivity index (χ0) is 16.2. The predicted molar refractivity (Wildman–Crippen MR) is 87.7 cm³/mol. The number of fused-ring (bicyclic) bond motifs is 2. The summed E-state index contributed by atoms with van der Waals surface area (Å²) in [6.07, 6.45) is 0. The number of nitrogens with one attached hydrogen (secondary N) is 1. The summed E-state index contributed by atoms with van der Waals surface area (Å²) in [4.78, 5) is 25.8. The van der Waals surface area contributed by atoms with Gasteiger partial charge in [-0.3, -0.25) is 14.5 Å². The van der Waals surface area contributed by atoms with Crippen molar-refractivity contribution in [3.8, 4) is 0 Å². The van der Waals surface area contributed by atoms with Crippen LogP contribution in [0, 0.1) is 5.82 Å². The van der Waals surface area contributed by atoms with Gasteiger partial charge >= 0.3 is 0 Å². The number of thioether (sulfide) groups is 1. The van der Waals surface area contributed by atoms with Gasteiger partial charge in [-0.25, -0.2) is 4.39 Å². The number of nitrogens with zero attached hydrogens (tertiary/aromatic N) is 1. The third kappa shape index (κ3) is 1.84. The van der Waals surface area contributed by atoms with E-state index < -0.39 is 15.9 Å². The standard InChI is InChI=1S/C17H13FN2O2S/c1-10-15(21)20(12-6-4-5-11(18)9-12)17(23-10)13-7-2-3-8-14(13)19-16(17)22/h2-10H,1H3,(H,19,22)/t10-,17+/m1/s1. The van der Waals surface area contributed by atoms with Crippen LogP contribution in [0.15, 0.2) is 48.5 Å². The van der Waals surface area contributed by atoms with Crippen molar-refractivity contribution in [2.75, 3.05) is 10.2 Å². The quantitative estimate of drug-likeness (QED) is 0.875. The summed E-state index contributed by atoms with van der Waals surface area (Å²) in [6, 6.07) is 13.1. The van der Waals surface area contributed by atoms with Crippen LogP contribution in [0.2, 0.25) is 0 Å². The highest BCUT2D eigenvalue weighted by atomic mass is 32.2. The Hall–Kier alpha value is -2.34. The minimum absolute atomic E-state index is 0.201. The Balaban J connectivity index is 1.96. The van der Waals surface area contributed by atoms with E-state index in [1.807, 2.05) is 18.2 Å². The number of carbonyl (C=O) groups excluding carboxylic acids is 2. The topological polar surface area (TPSA) is 49.4 Å². The van der Waals surface area contributed by atoms with Crippen LogP contribution in [0.4, 0.5) is 15.8 Å². The van der Waals surface area contributed by atoms with E-state index in [0.29, 0.717) is 11.4 Å². The highest BCUT2D eigenvalue weighted by Gasteiger charge is 2.60. The van der Waals surface area contributed by atoms with Crippen LogP contribution < -0.4 is 10.2 Å². The van der Waals surface area contributed by atoms with Gasteiger partial charge in [0.15, 0.2) is 0 Å². The first-order valence-electron chi connectivity index (χ1n) is 7.22.